The highest BCUT2D eigenvalue weighted by atomic mass is 32.2. The molecule has 0 spiro atoms. The molecule has 0 aliphatic rings. The van der Waals surface area contributed by atoms with Crippen LogP contribution in [0.4, 0.5) is 5.69 Å². The molecule has 10 heteroatoms. The van der Waals surface area contributed by atoms with Crippen LogP contribution in [0.15, 0.2) is 41.6 Å². The zero-order valence-corrected chi connectivity index (χ0v) is 19.3. The maximum Gasteiger partial charge on any atom is 0.234 e. The summed E-state index contributed by atoms with van der Waals surface area (Å²) in [5.41, 5.74) is 1.84. The number of benzene rings is 2. The number of ether oxygens (including phenoxy) is 3. The van der Waals surface area contributed by atoms with Gasteiger partial charge in [-0.25, -0.2) is 0 Å². The van der Waals surface area contributed by atoms with E-state index in [4.69, 9.17) is 14.2 Å². The average Bonchev–Trinajstić information content (AvgIpc) is 3.16. The zero-order chi connectivity index (χ0) is 23.3. The van der Waals surface area contributed by atoms with Crippen LogP contribution in [0, 0.1) is 0 Å². The number of hydrogen-bond donors (Lipinski definition) is 1. The van der Waals surface area contributed by atoms with Crippen LogP contribution in [-0.4, -0.2) is 53.5 Å². The van der Waals surface area contributed by atoms with Crippen LogP contribution in [0.25, 0.3) is 11.4 Å². The van der Waals surface area contributed by atoms with Crippen LogP contribution in [0.5, 0.6) is 17.2 Å². The minimum absolute atomic E-state index is 0.0612. The first kappa shape index (κ1) is 23.1. The molecular weight excluding hydrogens is 432 g/mol. The molecule has 0 saturated heterocycles. The fourth-order valence-corrected chi connectivity index (χ4v) is 3.76. The smallest absolute Gasteiger partial charge is 0.234 e. The largest absolute Gasteiger partial charge is 0.493 e. The summed E-state index contributed by atoms with van der Waals surface area (Å²) < 4.78 is 18.0. The van der Waals surface area contributed by atoms with Crippen molar-refractivity contribution < 1.29 is 23.8 Å². The predicted octanol–water partition coefficient (Wildman–Crippen LogP) is 3.44. The molecule has 1 heterocycles. The summed E-state index contributed by atoms with van der Waals surface area (Å²) in [4.78, 5) is 23.9. The monoisotopic (exact) mass is 456 g/mol. The van der Waals surface area contributed by atoms with Crippen LogP contribution in [0.2, 0.25) is 0 Å². The second-order valence-electron chi connectivity index (χ2n) is 6.75. The number of hydrogen-bond acceptors (Lipinski definition) is 8. The normalized spacial score (nSPS) is 10.5. The molecule has 32 heavy (non-hydrogen) atoms. The van der Waals surface area contributed by atoms with Gasteiger partial charge in [-0.2, -0.15) is 0 Å². The van der Waals surface area contributed by atoms with E-state index in [1.54, 1.807) is 62.3 Å². The number of ketones is 1. The van der Waals surface area contributed by atoms with Crippen molar-refractivity contribution in [2.45, 2.75) is 12.1 Å². The number of nitrogens with one attached hydrogen (secondary N) is 1. The molecule has 168 valence electrons. The summed E-state index contributed by atoms with van der Waals surface area (Å²) in [7, 11) is 6.45. The van der Waals surface area contributed by atoms with Crippen molar-refractivity contribution in [2.24, 2.45) is 7.05 Å². The fraction of sp³-hybridized carbons (Fsp3) is 0.273. The standard InChI is InChI=1S/C22H24N4O5S/c1-13(27)14-7-6-8-16(9-14)23-19(28)12-32-22-25-24-21(26(22)2)15-10-17(29-3)20(31-5)18(11-15)30-4/h6-11H,12H2,1-5H3,(H,23,28). The minimum atomic E-state index is -0.215. The molecule has 9 nitrogen and oxygen atoms in total. The molecule has 1 N–H and O–H groups in total. The number of nitrogens with zero attached hydrogens (tertiary/aromatic N) is 3. The van der Waals surface area contributed by atoms with E-state index in [1.807, 2.05) is 7.05 Å². The highest BCUT2D eigenvalue weighted by Gasteiger charge is 2.19. The molecule has 3 aromatic rings. The van der Waals surface area contributed by atoms with Gasteiger partial charge in [0, 0.05) is 23.9 Å². The van der Waals surface area contributed by atoms with E-state index in [2.05, 4.69) is 15.5 Å². The number of methoxy groups -OCH3 is 3. The second kappa shape index (κ2) is 10.2. The Morgan fingerprint density at radius 1 is 1.03 bits per heavy atom. The summed E-state index contributed by atoms with van der Waals surface area (Å²) in [6.07, 6.45) is 0. The van der Waals surface area contributed by atoms with Gasteiger partial charge in [0.05, 0.1) is 27.1 Å². The number of aromatic nitrogens is 3. The van der Waals surface area contributed by atoms with E-state index in [9.17, 15) is 9.59 Å². The molecule has 1 amide bonds. The Labute approximate surface area is 190 Å². The van der Waals surface area contributed by atoms with Crippen LogP contribution in [-0.2, 0) is 11.8 Å². The van der Waals surface area contributed by atoms with E-state index in [0.717, 1.165) is 5.56 Å². The summed E-state index contributed by atoms with van der Waals surface area (Å²) in [6, 6.07) is 10.4. The molecule has 0 aliphatic carbocycles. The topological polar surface area (TPSA) is 105 Å². The number of rotatable bonds is 9. The van der Waals surface area contributed by atoms with E-state index < -0.39 is 0 Å². The first-order valence-electron chi connectivity index (χ1n) is 9.61. The Kier molecular flexibility index (Phi) is 7.37. The van der Waals surface area contributed by atoms with Gasteiger partial charge in [0.15, 0.2) is 28.3 Å². The van der Waals surface area contributed by atoms with Crippen molar-refractivity contribution >= 4 is 29.1 Å². The lowest BCUT2D eigenvalue weighted by Crippen LogP contribution is -2.14. The number of carbonyl (C=O) groups excluding carboxylic acids is 2. The molecule has 0 unspecified atom stereocenters. The zero-order valence-electron chi connectivity index (χ0n) is 18.5. The second-order valence-corrected chi connectivity index (χ2v) is 7.70. The lowest BCUT2D eigenvalue weighted by Gasteiger charge is -2.14. The first-order chi connectivity index (χ1) is 15.4. The highest BCUT2D eigenvalue weighted by molar-refractivity contribution is 7.99. The number of anilines is 1. The first-order valence-corrected chi connectivity index (χ1v) is 10.6. The van der Waals surface area contributed by atoms with E-state index in [-0.39, 0.29) is 17.4 Å². The minimum Gasteiger partial charge on any atom is -0.493 e. The summed E-state index contributed by atoms with van der Waals surface area (Å²) in [5, 5.41) is 11.8. The number of Topliss-reactive ketones (excluding diaryl/α,β-unsaturated/α-hetero) is 1. The molecule has 2 aromatic carbocycles. The van der Waals surface area contributed by atoms with Gasteiger partial charge in [0.1, 0.15) is 0 Å². The molecule has 0 radical (unpaired) electrons. The Balaban J connectivity index is 1.73. The Bertz CT molecular complexity index is 1120. The molecular formula is C22H24N4O5S. The van der Waals surface area contributed by atoms with Gasteiger partial charge in [0.2, 0.25) is 11.7 Å². The highest BCUT2D eigenvalue weighted by Crippen LogP contribution is 2.41. The molecule has 1 aromatic heterocycles. The molecule has 0 bridgehead atoms. The third kappa shape index (κ3) is 5.02. The van der Waals surface area contributed by atoms with Gasteiger partial charge < -0.3 is 24.1 Å². The van der Waals surface area contributed by atoms with E-state index in [1.165, 1.54) is 18.7 Å². The molecule has 0 fully saturated rings. The Morgan fingerprint density at radius 2 is 1.72 bits per heavy atom. The van der Waals surface area contributed by atoms with Crippen molar-refractivity contribution in [3.05, 3.63) is 42.0 Å². The van der Waals surface area contributed by atoms with Gasteiger partial charge in [-0.15, -0.1) is 10.2 Å². The SMILES string of the molecule is COc1cc(-c2nnc(SCC(=O)Nc3cccc(C(C)=O)c3)n2C)cc(OC)c1OC. The fourth-order valence-electron chi connectivity index (χ4n) is 3.05. The van der Waals surface area contributed by atoms with Crippen molar-refractivity contribution in [3.63, 3.8) is 0 Å². The van der Waals surface area contributed by atoms with Gasteiger partial charge in [-0.05, 0) is 31.2 Å². The number of carbonyl (C=O) groups is 2. The van der Waals surface area contributed by atoms with Crippen molar-refractivity contribution in [2.75, 3.05) is 32.4 Å². The summed E-state index contributed by atoms with van der Waals surface area (Å²) >= 11 is 1.25. The van der Waals surface area contributed by atoms with E-state index in [0.29, 0.717) is 39.5 Å². The Morgan fingerprint density at radius 3 is 2.31 bits per heavy atom. The summed E-state index contributed by atoms with van der Waals surface area (Å²) in [6.45, 7) is 1.48. The van der Waals surface area contributed by atoms with Crippen molar-refractivity contribution in [1.29, 1.82) is 0 Å². The van der Waals surface area contributed by atoms with Crippen molar-refractivity contribution in [3.8, 4) is 28.6 Å². The van der Waals surface area contributed by atoms with Gasteiger partial charge in [-0.1, -0.05) is 23.9 Å². The lowest BCUT2D eigenvalue weighted by atomic mass is 10.1. The quantitative estimate of drug-likeness (QED) is 0.386. The third-order valence-electron chi connectivity index (χ3n) is 4.64. The third-order valence-corrected chi connectivity index (χ3v) is 5.66. The maximum absolute atomic E-state index is 12.4. The summed E-state index contributed by atoms with van der Waals surface area (Å²) in [5.74, 6) is 1.94. The predicted molar refractivity (Wildman–Crippen MR) is 122 cm³/mol. The molecule has 0 aliphatic heterocycles. The van der Waals surface area contributed by atoms with Crippen LogP contribution in [0.3, 0.4) is 0 Å². The van der Waals surface area contributed by atoms with Gasteiger partial charge in [0.25, 0.3) is 0 Å². The number of amides is 1. The van der Waals surface area contributed by atoms with Crippen LogP contribution in [0.1, 0.15) is 17.3 Å². The van der Waals surface area contributed by atoms with Crippen molar-refractivity contribution in [1.82, 2.24) is 14.8 Å². The molecule has 3 rings (SSSR count). The van der Waals surface area contributed by atoms with Gasteiger partial charge >= 0.3 is 0 Å². The molecule has 0 saturated carbocycles. The Hall–Kier alpha value is -3.53. The lowest BCUT2D eigenvalue weighted by molar-refractivity contribution is -0.113. The maximum atomic E-state index is 12.4. The average molecular weight is 457 g/mol. The number of thioether (sulfide) groups is 1. The van der Waals surface area contributed by atoms with Gasteiger partial charge in [-0.3, -0.25) is 9.59 Å². The van der Waals surface area contributed by atoms with Crippen LogP contribution >= 0.6 is 11.8 Å². The van der Waals surface area contributed by atoms with Crippen LogP contribution < -0.4 is 19.5 Å². The van der Waals surface area contributed by atoms with E-state index >= 15 is 0 Å². The molecule has 0 atom stereocenters.